The van der Waals surface area contributed by atoms with Crippen LogP contribution in [0.5, 0.6) is 11.5 Å². The first-order chi connectivity index (χ1) is 12.6. The number of fused-ring (bicyclic) bond motifs is 1. The van der Waals surface area contributed by atoms with Crippen molar-refractivity contribution in [2.24, 2.45) is 22.7 Å². The van der Waals surface area contributed by atoms with E-state index in [0.717, 1.165) is 36.6 Å². The van der Waals surface area contributed by atoms with Crippen molar-refractivity contribution in [1.29, 1.82) is 0 Å². The van der Waals surface area contributed by atoms with E-state index in [9.17, 15) is 5.11 Å². The van der Waals surface area contributed by atoms with Crippen LogP contribution in [0.2, 0.25) is 0 Å². The Kier molecular flexibility index (Phi) is 5.42. The van der Waals surface area contributed by atoms with Crippen LogP contribution in [0.15, 0.2) is 18.2 Å². The van der Waals surface area contributed by atoms with E-state index in [1.165, 1.54) is 19.3 Å². The highest BCUT2D eigenvalue weighted by atomic mass is 16.5. The van der Waals surface area contributed by atoms with E-state index in [4.69, 9.17) is 9.47 Å². The van der Waals surface area contributed by atoms with E-state index in [1.807, 2.05) is 25.1 Å². The van der Waals surface area contributed by atoms with Crippen LogP contribution in [0, 0.1) is 22.7 Å². The maximum Gasteiger partial charge on any atom is 0.124 e. The molecule has 0 aromatic heterocycles. The van der Waals surface area contributed by atoms with Gasteiger partial charge in [-0.05, 0) is 49.4 Å². The SMILES string of the molecule is COc1cc(NCC2[C@@]3(C)CCCC(C)(C)C3CC[C@@]2(C)O)cc(OC)c1. The smallest absolute Gasteiger partial charge is 0.124 e. The quantitative estimate of drug-likeness (QED) is 0.751. The van der Waals surface area contributed by atoms with Crippen LogP contribution in [0.25, 0.3) is 0 Å². The number of anilines is 1. The Balaban J connectivity index is 1.85. The second-order valence-corrected chi connectivity index (χ2v) is 9.83. The number of aliphatic hydroxyl groups is 1. The summed E-state index contributed by atoms with van der Waals surface area (Å²) in [5, 5.41) is 14.9. The molecule has 2 saturated carbocycles. The highest BCUT2D eigenvalue weighted by Gasteiger charge is 2.57. The summed E-state index contributed by atoms with van der Waals surface area (Å²) in [4.78, 5) is 0. The van der Waals surface area contributed by atoms with E-state index < -0.39 is 5.60 Å². The third-order valence-electron chi connectivity index (χ3n) is 7.62. The molecule has 27 heavy (non-hydrogen) atoms. The summed E-state index contributed by atoms with van der Waals surface area (Å²) in [5.74, 6) is 2.41. The van der Waals surface area contributed by atoms with Crippen molar-refractivity contribution in [2.45, 2.75) is 65.4 Å². The van der Waals surface area contributed by atoms with Gasteiger partial charge in [0.2, 0.25) is 0 Å². The third kappa shape index (κ3) is 3.78. The molecule has 1 aromatic carbocycles. The van der Waals surface area contributed by atoms with Crippen molar-refractivity contribution in [3.05, 3.63) is 18.2 Å². The molecule has 152 valence electrons. The lowest BCUT2D eigenvalue weighted by molar-refractivity contribution is -0.161. The Bertz CT molecular complexity index is 647. The van der Waals surface area contributed by atoms with Crippen LogP contribution in [0.4, 0.5) is 5.69 Å². The van der Waals surface area contributed by atoms with Gasteiger partial charge < -0.3 is 19.9 Å². The van der Waals surface area contributed by atoms with Gasteiger partial charge in [-0.25, -0.2) is 0 Å². The number of nitrogens with one attached hydrogen (secondary N) is 1. The first-order valence-electron chi connectivity index (χ1n) is 10.3. The summed E-state index contributed by atoms with van der Waals surface area (Å²) in [5.41, 5.74) is 0.831. The molecule has 2 aliphatic rings. The molecule has 2 N–H and O–H groups in total. The first-order valence-corrected chi connectivity index (χ1v) is 10.3. The molecule has 0 saturated heterocycles. The van der Waals surface area contributed by atoms with Gasteiger partial charge in [0, 0.05) is 36.3 Å². The number of benzene rings is 1. The van der Waals surface area contributed by atoms with Crippen molar-refractivity contribution in [3.8, 4) is 11.5 Å². The van der Waals surface area contributed by atoms with Crippen LogP contribution >= 0.6 is 0 Å². The molecular formula is C23H37NO3. The summed E-state index contributed by atoms with van der Waals surface area (Å²) in [6, 6.07) is 5.86. The van der Waals surface area contributed by atoms with E-state index in [0.29, 0.717) is 11.3 Å². The summed E-state index contributed by atoms with van der Waals surface area (Å²) in [7, 11) is 3.33. The third-order valence-corrected chi connectivity index (χ3v) is 7.62. The Morgan fingerprint density at radius 3 is 2.22 bits per heavy atom. The van der Waals surface area contributed by atoms with Gasteiger partial charge in [0.15, 0.2) is 0 Å². The Morgan fingerprint density at radius 1 is 1.00 bits per heavy atom. The van der Waals surface area contributed by atoms with Crippen molar-refractivity contribution >= 4 is 5.69 Å². The number of methoxy groups -OCH3 is 2. The standard InChI is InChI=1S/C23H37NO3/c1-21(2)9-7-10-22(3)19(21)8-11-23(4,25)20(22)15-24-16-12-17(26-5)14-18(13-16)27-6/h12-14,19-20,24-25H,7-11,15H2,1-6H3/t19?,20?,22-,23+/m0/s1. The van der Waals surface area contributed by atoms with Gasteiger partial charge >= 0.3 is 0 Å². The zero-order valence-electron chi connectivity index (χ0n) is 17.9. The molecule has 0 radical (unpaired) electrons. The summed E-state index contributed by atoms with van der Waals surface area (Å²) < 4.78 is 10.8. The van der Waals surface area contributed by atoms with Gasteiger partial charge in [-0.3, -0.25) is 0 Å². The van der Waals surface area contributed by atoms with E-state index in [-0.39, 0.29) is 11.3 Å². The Hall–Kier alpha value is -1.42. The van der Waals surface area contributed by atoms with Gasteiger partial charge in [0.05, 0.1) is 19.8 Å². The van der Waals surface area contributed by atoms with E-state index in [2.05, 4.69) is 26.1 Å². The zero-order chi connectivity index (χ0) is 19.9. The van der Waals surface area contributed by atoms with Crippen molar-refractivity contribution in [2.75, 3.05) is 26.1 Å². The normalized spacial score (nSPS) is 35.2. The molecule has 0 spiro atoms. The second-order valence-electron chi connectivity index (χ2n) is 9.83. The number of hydrogen-bond donors (Lipinski definition) is 2. The average Bonchev–Trinajstić information content (AvgIpc) is 2.59. The molecule has 1 aromatic rings. The molecule has 0 amide bonds. The zero-order valence-corrected chi connectivity index (χ0v) is 17.9. The molecule has 2 fully saturated rings. The van der Waals surface area contributed by atoms with Crippen molar-refractivity contribution in [3.63, 3.8) is 0 Å². The molecule has 4 atom stereocenters. The minimum Gasteiger partial charge on any atom is -0.497 e. The molecule has 4 heteroatoms. The molecule has 0 aliphatic heterocycles. The van der Waals surface area contributed by atoms with Gasteiger partial charge in [-0.1, -0.05) is 27.2 Å². The van der Waals surface area contributed by atoms with Crippen LogP contribution in [-0.4, -0.2) is 31.5 Å². The summed E-state index contributed by atoms with van der Waals surface area (Å²) in [6.45, 7) is 10.1. The van der Waals surface area contributed by atoms with Crippen molar-refractivity contribution in [1.82, 2.24) is 0 Å². The van der Waals surface area contributed by atoms with Gasteiger partial charge in [0.25, 0.3) is 0 Å². The second kappa shape index (κ2) is 7.20. The lowest BCUT2D eigenvalue weighted by Crippen LogP contribution is -2.59. The Labute approximate surface area is 164 Å². The van der Waals surface area contributed by atoms with Crippen LogP contribution in [-0.2, 0) is 0 Å². The molecular weight excluding hydrogens is 338 g/mol. The fourth-order valence-electron chi connectivity index (χ4n) is 6.21. The van der Waals surface area contributed by atoms with Crippen molar-refractivity contribution < 1.29 is 14.6 Å². The predicted octanol–water partition coefficient (Wildman–Crippen LogP) is 5.11. The lowest BCUT2D eigenvalue weighted by atomic mass is 9.45. The van der Waals surface area contributed by atoms with E-state index >= 15 is 0 Å². The predicted molar refractivity (Wildman–Crippen MR) is 111 cm³/mol. The first kappa shape index (κ1) is 20.3. The van der Waals surface area contributed by atoms with Crippen LogP contribution in [0.3, 0.4) is 0 Å². The molecule has 0 bridgehead atoms. The minimum absolute atomic E-state index is 0.152. The topological polar surface area (TPSA) is 50.7 Å². The summed E-state index contributed by atoms with van der Waals surface area (Å²) >= 11 is 0. The van der Waals surface area contributed by atoms with Gasteiger partial charge in [-0.15, -0.1) is 0 Å². The molecule has 3 rings (SSSR count). The average molecular weight is 376 g/mol. The monoisotopic (exact) mass is 375 g/mol. The lowest BCUT2D eigenvalue weighted by Gasteiger charge is -2.61. The van der Waals surface area contributed by atoms with Gasteiger partial charge in [0.1, 0.15) is 11.5 Å². The molecule has 2 unspecified atom stereocenters. The minimum atomic E-state index is -0.644. The van der Waals surface area contributed by atoms with Crippen LogP contribution in [0.1, 0.15) is 59.8 Å². The Morgan fingerprint density at radius 2 is 1.63 bits per heavy atom. The maximum absolute atomic E-state index is 11.3. The molecule has 2 aliphatic carbocycles. The highest BCUT2D eigenvalue weighted by molar-refractivity contribution is 5.53. The number of ether oxygens (including phenoxy) is 2. The molecule has 4 nitrogen and oxygen atoms in total. The summed E-state index contributed by atoms with van der Waals surface area (Å²) in [6.07, 6.45) is 5.75. The van der Waals surface area contributed by atoms with Crippen LogP contribution < -0.4 is 14.8 Å². The molecule has 0 heterocycles. The van der Waals surface area contributed by atoms with Gasteiger partial charge in [-0.2, -0.15) is 0 Å². The largest absolute Gasteiger partial charge is 0.497 e. The maximum atomic E-state index is 11.3. The fraction of sp³-hybridized carbons (Fsp3) is 0.739. The van der Waals surface area contributed by atoms with E-state index in [1.54, 1.807) is 14.2 Å². The highest BCUT2D eigenvalue weighted by Crippen LogP contribution is 2.61. The number of rotatable bonds is 5. The number of hydrogen-bond acceptors (Lipinski definition) is 4. The fourth-order valence-corrected chi connectivity index (χ4v) is 6.21.